The molecule has 0 spiro atoms. The van der Waals surface area contributed by atoms with Crippen LogP contribution in [-0.4, -0.2) is 77.8 Å². The summed E-state index contributed by atoms with van der Waals surface area (Å²) in [6, 6.07) is 15.6. The van der Waals surface area contributed by atoms with Crippen LogP contribution in [0.4, 0.5) is 16.2 Å². The first-order valence-corrected chi connectivity index (χ1v) is 13.7. The van der Waals surface area contributed by atoms with Crippen molar-refractivity contribution >= 4 is 23.3 Å². The molecule has 0 radical (unpaired) electrons. The Hall–Kier alpha value is -4.15. The van der Waals surface area contributed by atoms with Crippen LogP contribution in [0.5, 0.6) is 11.5 Å². The van der Waals surface area contributed by atoms with Crippen molar-refractivity contribution in [1.29, 1.82) is 0 Å². The van der Waals surface area contributed by atoms with E-state index in [0.29, 0.717) is 41.5 Å². The number of anilines is 2. The predicted molar refractivity (Wildman–Crippen MR) is 158 cm³/mol. The molecular weight excluding hydrogens is 522 g/mol. The van der Waals surface area contributed by atoms with Gasteiger partial charge in [-0.3, -0.25) is 14.7 Å². The SMILES string of the molecule is COc1ccc(NC(=O)Nc2ccc3c(c2)CC(=O)N([C@@H](C)CO)CC(C)[C@H](CN(C)Cc2ccncc2)O3)cc1. The molecule has 1 aliphatic heterocycles. The van der Waals surface area contributed by atoms with Crippen LogP contribution in [-0.2, 0) is 17.8 Å². The van der Waals surface area contributed by atoms with Gasteiger partial charge in [0.1, 0.15) is 17.6 Å². The van der Waals surface area contributed by atoms with E-state index in [1.54, 1.807) is 66.9 Å². The summed E-state index contributed by atoms with van der Waals surface area (Å²) in [6.45, 7) is 5.59. The molecule has 4 rings (SSSR count). The van der Waals surface area contributed by atoms with Crippen LogP contribution < -0.4 is 20.1 Å². The van der Waals surface area contributed by atoms with Crippen LogP contribution in [0.2, 0.25) is 0 Å². The number of fused-ring (bicyclic) bond motifs is 1. The van der Waals surface area contributed by atoms with Gasteiger partial charge in [0.05, 0.1) is 26.2 Å². The van der Waals surface area contributed by atoms with Crippen molar-refractivity contribution in [1.82, 2.24) is 14.8 Å². The van der Waals surface area contributed by atoms with Crippen LogP contribution >= 0.6 is 0 Å². The number of likely N-dealkylation sites (N-methyl/N-ethyl adjacent to an activating group) is 1. The standard InChI is InChI=1S/C31H39N5O5/c1-21-17-36(22(2)20-37)30(38)16-24-15-26(34-31(39)33-25-5-8-27(40-4)9-6-25)7-10-28(24)41-29(21)19-35(3)18-23-11-13-32-14-12-23/h5-15,21-22,29,37H,16-20H2,1-4H3,(H2,33,34,39)/t21?,22-,29-/m0/s1. The van der Waals surface area contributed by atoms with Gasteiger partial charge in [-0.2, -0.15) is 0 Å². The maximum atomic E-state index is 13.5. The number of hydrogen-bond donors (Lipinski definition) is 3. The number of methoxy groups -OCH3 is 1. The van der Waals surface area contributed by atoms with E-state index in [0.717, 1.165) is 12.1 Å². The highest BCUT2D eigenvalue weighted by Crippen LogP contribution is 2.29. The highest BCUT2D eigenvalue weighted by atomic mass is 16.5. The molecule has 1 unspecified atom stereocenters. The molecule has 3 atom stereocenters. The molecule has 218 valence electrons. The summed E-state index contributed by atoms with van der Waals surface area (Å²) in [5.74, 6) is 1.19. The van der Waals surface area contributed by atoms with E-state index in [-0.39, 0.29) is 37.0 Å². The third-order valence-electron chi connectivity index (χ3n) is 7.22. The van der Waals surface area contributed by atoms with Gasteiger partial charge in [-0.1, -0.05) is 6.92 Å². The number of aliphatic hydroxyl groups excluding tert-OH is 1. The molecule has 0 aliphatic carbocycles. The number of benzene rings is 2. The fraction of sp³-hybridized carbons (Fsp3) is 0.387. The van der Waals surface area contributed by atoms with Gasteiger partial charge in [-0.05, 0) is 74.1 Å². The van der Waals surface area contributed by atoms with Crippen molar-refractivity contribution in [2.75, 3.05) is 44.5 Å². The summed E-state index contributed by atoms with van der Waals surface area (Å²) >= 11 is 0. The normalized spacial score (nSPS) is 17.9. The molecule has 3 amide bonds. The van der Waals surface area contributed by atoms with Gasteiger partial charge in [0, 0.05) is 54.9 Å². The molecule has 0 fully saturated rings. The minimum Gasteiger partial charge on any atom is -0.497 e. The van der Waals surface area contributed by atoms with Crippen molar-refractivity contribution in [3.63, 3.8) is 0 Å². The van der Waals surface area contributed by atoms with E-state index in [1.165, 1.54) is 0 Å². The maximum Gasteiger partial charge on any atom is 0.323 e. The molecule has 0 saturated carbocycles. The molecule has 10 nitrogen and oxygen atoms in total. The van der Waals surface area contributed by atoms with Crippen LogP contribution in [0.3, 0.4) is 0 Å². The lowest BCUT2D eigenvalue weighted by Gasteiger charge is -2.34. The first-order chi connectivity index (χ1) is 19.7. The van der Waals surface area contributed by atoms with E-state index < -0.39 is 6.03 Å². The Morgan fingerprint density at radius 2 is 1.83 bits per heavy atom. The molecule has 41 heavy (non-hydrogen) atoms. The lowest BCUT2D eigenvalue weighted by Crippen LogP contribution is -2.47. The number of rotatable bonds is 9. The van der Waals surface area contributed by atoms with E-state index in [4.69, 9.17) is 9.47 Å². The second-order valence-corrected chi connectivity index (χ2v) is 10.6. The number of aliphatic hydroxyl groups is 1. The highest BCUT2D eigenvalue weighted by Gasteiger charge is 2.31. The maximum absolute atomic E-state index is 13.5. The Bertz CT molecular complexity index is 1300. The number of pyridine rings is 1. The number of nitrogens with one attached hydrogen (secondary N) is 2. The number of amides is 3. The second-order valence-electron chi connectivity index (χ2n) is 10.6. The number of carbonyl (C=O) groups is 2. The summed E-state index contributed by atoms with van der Waals surface area (Å²) < 4.78 is 11.8. The molecule has 10 heteroatoms. The zero-order valence-electron chi connectivity index (χ0n) is 24.0. The average Bonchev–Trinajstić information content (AvgIpc) is 3.01. The minimum atomic E-state index is -0.412. The van der Waals surface area contributed by atoms with Crippen LogP contribution in [0, 0.1) is 5.92 Å². The first-order valence-electron chi connectivity index (χ1n) is 13.7. The molecule has 1 aromatic heterocycles. The molecule has 2 heterocycles. The largest absolute Gasteiger partial charge is 0.497 e. The monoisotopic (exact) mass is 561 g/mol. The third kappa shape index (κ3) is 8.18. The minimum absolute atomic E-state index is 0.00753. The van der Waals surface area contributed by atoms with Crippen LogP contribution in [0.15, 0.2) is 67.0 Å². The molecule has 3 N–H and O–H groups in total. The molecule has 2 aromatic carbocycles. The van der Waals surface area contributed by atoms with E-state index in [1.807, 2.05) is 26.1 Å². The topological polar surface area (TPSA) is 116 Å². The lowest BCUT2D eigenvalue weighted by atomic mass is 10.0. The Morgan fingerprint density at radius 3 is 2.51 bits per heavy atom. The van der Waals surface area contributed by atoms with Gasteiger partial charge in [0.2, 0.25) is 5.91 Å². The Balaban J connectivity index is 1.54. The van der Waals surface area contributed by atoms with Gasteiger partial charge < -0.3 is 30.1 Å². The van der Waals surface area contributed by atoms with Gasteiger partial charge in [-0.25, -0.2) is 4.79 Å². The number of ether oxygens (including phenoxy) is 2. The molecule has 3 aromatic rings. The summed E-state index contributed by atoms with van der Waals surface area (Å²) in [4.78, 5) is 34.2. The zero-order valence-corrected chi connectivity index (χ0v) is 24.0. The average molecular weight is 562 g/mol. The van der Waals surface area contributed by atoms with Crippen molar-refractivity contribution in [3.05, 3.63) is 78.1 Å². The molecule has 1 aliphatic rings. The quantitative estimate of drug-likeness (QED) is 0.361. The van der Waals surface area contributed by atoms with Crippen molar-refractivity contribution in [2.24, 2.45) is 5.92 Å². The van der Waals surface area contributed by atoms with E-state index in [9.17, 15) is 14.7 Å². The van der Waals surface area contributed by atoms with E-state index in [2.05, 4.69) is 27.4 Å². The van der Waals surface area contributed by atoms with Gasteiger partial charge >= 0.3 is 6.03 Å². The Morgan fingerprint density at radius 1 is 1.15 bits per heavy atom. The van der Waals surface area contributed by atoms with Gasteiger partial charge in [0.15, 0.2) is 0 Å². The predicted octanol–water partition coefficient (Wildman–Crippen LogP) is 4.02. The fourth-order valence-corrected chi connectivity index (χ4v) is 4.86. The number of aromatic nitrogens is 1. The van der Waals surface area contributed by atoms with Crippen LogP contribution in [0.25, 0.3) is 0 Å². The summed E-state index contributed by atoms with van der Waals surface area (Å²) in [6.07, 6.45) is 3.42. The smallest absolute Gasteiger partial charge is 0.323 e. The Kier molecular flexibility index (Phi) is 10.2. The number of hydrogen-bond acceptors (Lipinski definition) is 7. The summed E-state index contributed by atoms with van der Waals surface area (Å²) in [7, 11) is 3.62. The number of carbonyl (C=O) groups excluding carboxylic acids is 2. The van der Waals surface area contributed by atoms with Crippen molar-refractivity contribution in [3.8, 4) is 11.5 Å². The summed E-state index contributed by atoms with van der Waals surface area (Å²) in [5.41, 5.74) is 2.97. The van der Waals surface area contributed by atoms with E-state index >= 15 is 0 Å². The zero-order chi connectivity index (χ0) is 29.4. The first kappa shape index (κ1) is 29.8. The van der Waals surface area contributed by atoms with Crippen molar-refractivity contribution < 1.29 is 24.2 Å². The van der Waals surface area contributed by atoms with Gasteiger partial charge in [0.25, 0.3) is 0 Å². The lowest BCUT2D eigenvalue weighted by molar-refractivity contribution is -0.134. The third-order valence-corrected chi connectivity index (χ3v) is 7.22. The molecule has 0 saturated heterocycles. The van der Waals surface area contributed by atoms with Crippen LogP contribution in [0.1, 0.15) is 25.0 Å². The number of urea groups is 1. The molecule has 0 bridgehead atoms. The second kappa shape index (κ2) is 14.0. The molecular formula is C31H39N5O5. The summed E-state index contributed by atoms with van der Waals surface area (Å²) in [5, 5.41) is 15.5. The van der Waals surface area contributed by atoms with Crippen molar-refractivity contribution in [2.45, 2.75) is 39.0 Å². The van der Waals surface area contributed by atoms with Gasteiger partial charge in [-0.15, -0.1) is 0 Å². The Labute approximate surface area is 241 Å². The number of nitrogens with zero attached hydrogens (tertiary/aromatic N) is 3. The fourth-order valence-electron chi connectivity index (χ4n) is 4.86. The highest BCUT2D eigenvalue weighted by molar-refractivity contribution is 6.00.